The molecule has 1 spiro atoms. The molecule has 2 fully saturated rings. The van der Waals surface area contributed by atoms with Crippen LogP contribution in [0.5, 0.6) is 0 Å². The third-order valence-electron chi connectivity index (χ3n) is 6.15. The Labute approximate surface area is 175 Å². The van der Waals surface area contributed by atoms with Crippen LogP contribution in [0.15, 0.2) is 53.1 Å². The Balaban J connectivity index is 1.36. The number of thiophene rings is 1. The molecule has 5 nitrogen and oxygen atoms in total. The van der Waals surface area contributed by atoms with E-state index in [9.17, 15) is 4.79 Å². The maximum absolute atomic E-state index is 12.9. The predicted molar refractivity (Wildman–Crippen MR) is 113 cm³/mol. The normalized spacial score (nSPS) is 20.9. The number of amides is 1. The summed E-state index contributed by atoms with van der Waals surface area (Å²) in [6, 6.07) is 14.5. The van der Waals surface area contributed by atoms with Crippen LogP contribution in [-0.2, 0) is 6.54 Å². The van der Waals surface area contributed by atoms with Gasteiger partial charge >= 0.3 is 0 Å². The van der Waals surface area contributed by atoms with Crippen molar-refractivity contribution in [3.8, 4) is 0 Å². The summed E-state index contributed by atoms with van der Waals surface area (Å²) in [4.78, 5) is 23.9. The van der Waals surface area contributed by atoms with Crippen molar-refractivity contribution in [2.75, 3.05) is 26.2 Å². The number of benzene rings is 1. The molecule has 0 bridgehead atoms. The van der Waals surface area contributed by atoms with Gasteiger partial charge in [0.2, 0.25) is 0 Å². The molecule has 0 radical (unpaired) electrons. The lowest BCUT2D eigenvalue weighted by Gasteiger charge is -2.50. The molecule has 2 aromatic heterocycles. The van der Waals surface area contributed by atoms with Crippen molar-refractivity contribution in [2.24, 2.45) is 5.41 Å². The molecule has 2 saturated heterocycles. The van der Waals surface area contributed by atoms with E-state index in [2.05, 4.69) is 40.2 Å². The molecular weight excluding hydrogens is 382 g/mol. The zero-order valence-electron chi connectivity index (χ0n) is 16.8. The first-order valence-electron chi connectivity index (χ1n) is 10.1. The van der Waals surface area contributed by atoms with Crippen LogP contribution in [0, 0.1) is 19.3 Å². The van der Waals surface area contributed by atoms with Gasteiger partial charge in [-0.2, -0.15) is 0 Å². The fourth-order valence-corrected chi connectivity index (χ4v) is 5.63. The van der Waals surface area contributed by atoms with Gasteiger partial charge in [-0.1, -0.05) is 30.3 Å². The summed E-state index contributed by atoms with van der Waals surface area (Å²) in [5.41, 5.74) is 1.34. The van der Waals surface area contributed by atoms with Gasteiger partial charge in [0.1, 0.15) is 5.76 Å². The van der Waals surface area contributed by atoms with E-state index in [1.807, 2.05) is 30.9 Å². The smallest absolute Gasteiger partial charge is 0.263 e. The van der Waals surface area contributed by atoms with Crippen LogP contribution in [0.2, 0.25) is 0 Å². The summed E-state index contributed by atoms with van der Waals surface area (Å²) < 4.78 is 5.94. The lowest BCUT2D eigenvalue weighted by molar-refractivity contribution is -0.000268. The number of hydrogen-bond acceptors (Lipinski definition) is 5. The number of carbonyl (C=O) groups excluding carboxylic acids is 1. The number of hydrogen-bond donors (Lipinski definition) is 0. The molecule has 0 saturated carbocycles. The van der Waals surface area contributed by atoms with Crippen molar-refractivity contribution in [1.29, 1.82) is 0 Å². The molecule has 0 aliphatic carbocycles. The van der Waals surface area contributed by atoms with E-state index in [0.717, 1.165) is 49.3 Å². The average molecular weight is 408 g/mol. The van der Waals surface area contributed by atoms with Gasteiger partial charge in [0.25, 0.3) is 5.91 Å². The van der Waals surface area contributed by atoms with E-state index in [0.29, 0.717) is 0 Å². The Morgan fingerprint density at radius 2 is 1.97 bits per heavy atom. The molecule has 5 rings (SSSR count). The number of nitrogens with zero attached hydrogens (tertiary/aromatic N) is 3. The molecule has 150 valence electrons. The average Bonchev–Trinajstić information content (AvgIpc) is 3.39. The first-order valence-corrected chi connectivity index (χ1v) is 10.9. The van der Waals surface area contributed by atoms with Gasteiger partial charge in [-0.25, -0.2) is 4.98 Å². The molecule has 1 atom stereocenters. The van der Waals surface area contributed by atoms with E-state index < -0.39 is 0 Å². The third-order valence-corrected chi connectivity index (χ3v) is 7.14. The first-order chi connectivity index (χ1) is 14.0. The number of carbonyl (C=O) groups is 1. The minimum atomic E-state index is 0.0219. The first kappa shape index (κ1) is 18.6. The highest BCUT2D eigenvalue weighted by Gasteiger charge is 2.57. The highest BCUT2D eigenvalue weighted by atomic mass is 32.1. The van der Waals surface area contributed by atoms with Gasteiger partial charge in [-0.3, -0.25) is 9.69 Å². The number of rotatable bonds is 4. The molecule has 4 heterocycles. The van der Waals surface area contributed by atoms with Crippen LogP contribution in [0.1, 0.15) is 37.7 Å². The zero-order chi connectivity index (χ0) is 20.0. The molecule has 0 N–H and O–H groups in total. The molecule has 1 unspecified atom stereocenters. The maximum atomic E-state index is 12.9. The Morgan fingerprint density at radius 3 is 2.62 bits per heavy atom. The Kier molecular flexibility index (Phi) is 4.56. The molecule has 3 aromatic rings. The SMILES string of the molecule is Cc1cnc(C2CN(Cc3ccccc3)CC23CN(C(=O)c2ccc(C)s2)C3)o1. The minimum absolute atomic E-state index is 0.0219. The number of aromatic nitrogens is 1. The van der Waals surface area contributed by atoms with E-state index >= 15 is 0 Å². The quantitative estimate of drug-likeness (QED) is 0.654. The molecular formula is C23H25N3O2S. The van der Waals surface area contributed by atoms with Crippen molar-refractivity contribution in [2.45, 2.75) is 26.3 Å². The van der Waals surface area contributed by atoms with Crippen molar-refractivity contribution >= 4 is 17.2 Å². The van der Waals surface area contributed by atoms with E-state index in [1.165, 1.54) is 10.4 Å². The fraction of sp³-hybridized carbons (Fsp3) is 0.391. The van der Waals surface area contributed by atoms with E-state index in [4.69, 9.17) is 4.42 Å². The highest BCUT2D eigenvalue weighted by Crippen LogP contribution is 2.49. The summed E-state index contributed by atoms with van der Waals surface area (Å²) in [5.74, 6) is 2.03. The van der Waals surface area contributed by atoms with Gasteiger partial charge in [-0.05, 0) is 31.5 Å². The van der Waals surface area contributed by atoms with Crippen LogP contribution < -0.4 is 0 Å². The van der Waals surface area contributed by atoms with Crippen molar-refractivity contribution in [3.63, 3.8) is 0 Å². The van der Waals surface area contributed by atoms with Gasteiger partial charge in [0.15, 0.2) is 5.89 Å². The Bertz CT molecular complexity index is 1020. The summed E-state index contributed by atoms with van der Waals surface area (Å²) in [6.45, 7) is 8.29. The standard InChI is InChI=1S/C23H25N3O2S/c1-16-10-24-21(28-16)19-12-25(11-18-6-4-3-5-7-18)13-23(19)14-26(15-23)22(27)20-9-8-17(2)29-20/h3-10,19H,11-15H2,1-2H3. The lowest BCUT2D eigenvalue weighted by atomic mass is 9.71. The lowest BCUT2D eigenvalue weighted by Crippen LogP contribution is -2.61. The number of likely N-dealkylation sites (tertiary alicyclic amines) is 2. The second-order valence-corrected chi connectivity index (χ2v) is 9.74. The number of oxazole rings is 1. The topological polar surface area (TPSA) is 49.6 Å². The van der Waals surface area contributed by atoms with Gasteiger partial charge in [0.05, 0.1) is 17.0 Å². The molecule has 29 heavy (non-hydrogen) atoms. The second kappa shape index (κ2) is 7.11. The van der Waals surface area contributed by atoms with E-state index in [1.54, 1.807) is 17.5 Å². The summed E-state index contributed by atoms with van der Waals surface area (Å²) in [7, 11) is 0. The molecule has 1 aromatic carbocycles. The fourth-order valence-electron chi connectivity index (χ4n) is 4.79. The maximum Gasteiger partial charge on any atom is 0.263 e. The summed E-state index contributed by atoms with van der Waals surface area (Å²) >= 11 is 1.57. The Hall–Kier alpha value is -2.44. The molecule has 2 aliphatic rings. The summed E-state index contributed by atoms with van der Waals surface area (Å²) in [5, 5.41) is 0. The van der Waals surface area contributed by atoms with E-state index in [-0.39, 0.29) is 17.2 Å². The number of aryl methyl sites for hydroxylation is 2. The second-order valence-electron chi connectivity index (χ2n) is 8.45. The third kappa shape index (κ3) is 3.40. The van der Waals surface area contributed by atoms with Gasteiger partial charge < -0.3 is 9.32 Å². The summed E-state index contributed by atoms with van der Waals surface area (Å²) in [6.07, 6.45) is 1.80. The van der Waals surface area contributed by atoms with Crippen molar-refractivity contribution in [1.82, 2.24) is 14.8 Å². The van der Waals surface area contributed by atoms with Crippen molar-refractivity contribution in [3.05, 3.63) is 75.6 Å². The molecule has 6 heteroatoms. The van der Waals surface area contributed by atoms with Crippen LogP contribution in [0.25, 0.3) is 0 Å². The van der Waals surface area contributed by atoms with Crippen molar-refractivity contribution < 1.29 is 9.21 Å². The van der Waals surface area contributed by atoms with Crippen LogP contribution in [0.3, 0.4) is 0 Å². The van der Waals surface area contributed by atoms with Crippen LogP contribution >= 0.6 is 11.3 Å². The monoisotopic (exact) mass is 407 g/mol. The molecule has 2 aliphatic heterocycles. The zero-order valence-corrected chi connectivity index (χ0v) is 17.6. The van der Waals surface area contributed by atoms with Crippen LogP contribution in [-0.4, -0.2) is 46.9 Å². The minimum Gasteiger partial charge on any atom is -0.446 e. The van der Waals surface area contributed by atoms with Gasteiger partial charge in [-0.15, -0.1) is 11.3 Å². The van der Waals surface area contributed by atoms with Crippen LogP contribution in [0.4, 0.5) is 0 Å². The largest absolute Gasteiger partial charge is 0.446 e. The molecule has 1 amide bonds. The Morgan fingerprint density at radius 1 is 1.17 bits per heavy atom. The van der Waals surface area contributed by atoms with Gasteiger partial charge in [0, 0.05) is 43.0 Å². The highest BCUT2D eigenvalue weighted by molar-refractivity contribution is 7.13. The predicted octanol–water partition coefficient (Wildman–Crippen LogP) is 4.09.